The first-order valence-electron chi connectivity index (χ1n) is 7.67. The van der Waals surface area contributed by atoms with Crippen molar-refractivity contribution in [1.82, 2.24) is 10.6 Å². The van der Waals surface area contributed by atoms with Crippen LogP contribution in [0.4, 0.5) is 4.79 Å². The van der Waals surface area contributed by atoms with Gasteiger partial charge < -0.3 is 15.4 Å². The number of hydrogen-bond acceptors (Lipinski definition) is 3. The molecule has 2 amide bonds. The Morgan fingerprint density at radius 3 is 2.41 bits per heavy atom. The Bertz CT molecular complexity index is 518. The molecule has 1 aliphatic carbocycles. The van der Waals surface area contributed by atoms with E-state index in [2.05, 4.69) is 10.6 Å². The molecule has 5 heteroatoms. The van der Waals surface area contributed by atoms with E-state index in [1.54, 1.807) is 20.8 Å². The van der Waals surface area contributed by atoms with Gasteiger partial charge in [0.05, 0.1) is 0 Å². The van der Waals surface area contributed by atoms with Crippen LogP contribution in [0.25, 0.3) is 0 Å². The number of alkyl carbamates (subject to hydrolysis) is 1. The molecule has 1 saturated carbocycles. The molecular formula is C17H24N2O3. The molecule has 22 heavy (non-hydrogen) atoms. The van der Waals surface area contributed by atoms with Gasteiger partial charge in [0, 0.05) is 12.5 Å². The smallest absolute Gasteiger partial charge is 0.408 e. The zero-order chi connectivity index (χ0) is 16.2. The molecule has 2 rings (SSSR count). The summed E-state index contributed by atoms with van der Waals surface area (Å²) in [5, 5.41) is 5.61. The SMILES string of the molecule is CC(C)(C)OC(=O)N[C@H](Cc1ccccc1)C(=O)NC1CC1. The topological polar surface area (TPSA) is 67.4 Å². The molecule has 1 aromatic carbocycles. The van der Waals surface area contributed by atoms with Gasteiger partial charge in [0.1, 0.15) is 11.6 Å². The van der Waals surface area contributed by atoms with Crippen LogP contribution in [-0.2, 0) is 16.0 Å². The summed E-state index contributed by atoms with van der Waals surface area (Å²) in [5.41, 5.74) is 0.406. The summed E-state index contributed by atoms with van der Waals surface area (Å²) in [6.45, 7) is 5.38. The molecule has 0 aliphatic heterocycles. The number of carbonyl (C=O) groups excluding carboxylic acids is 2. The van der Waals surface area contributed by atoms with E-state index in [4.69, 9.17) is 4.74 Å². The fourth-order valence-corrected chi connectivity index (χ4v) is 2.04. The summed E-state index contributed by atoms with van der Waals surface area (Å²) >= 11 is 0. The highest BCUT2D eigenvalue weighted by atomic mass is 16.6. The first kappa shape index (κ1) is 16.3. The van der Waals surface area contributed by atoms with Crippen molar-refractivity contribution in [1.29, 1.82) is 0 Å². The molecule has 1 atom stereocenters. The van der Waals surface area contributed by atoms with Gasteiger partial charge in [-0.1, -0.05) is 30.3 Å². The van der Waals surface area contributed by atoms with Gasteiger partial charge >= 0.3 is 6.09 Å². The predicted molar refractivity (Wildman–Crippen MR) is 84.5 cm³/mol. The van der Waals surface area contributed by atoms with E-state index < -0.39 is 17.7 Å². The molecule has 1 fully saturated rings. The molecule has 1 aliphatic rings. The third-order valence-corrected chi connectivity index (χ3v) is 3.21. The number of hydrogen-bond donors (Lipinski definition) is 2. The molecule has 5 nitrogen and oxygen atoms in total. The minimum atomic E-state index is -0.627. The standard InChI is InChI=1S/C17H24N2O3/c1-17(2,3)22-16(21)19-14(15(20)18-13-9-10-13)11-12-7-5-4-6-8-12/h4-8,13-14H,9-11H2,1-3H3,(H,18,20)(H,19,21)/t14-/m1/s1. The van der Waals surface area contributed by atoms with Crippen LogP contribution in [0.2, 0.25) is 0 Å². The van der Waals surface area contributed by atoms with Crippen molar-refractivity contribution in [2.75, 3.05) is 0 Å². The van der Waals surface area contributed by atoms with Crippen LogP contribution in [0, 0.1) is 0 Å². The predicted octanol–water partition coefficient (Wildman–Crippen LogP) is 2.40. The zero-order valence-corrected chi connectivity index (χ0v) is 13.4. The van der Waals surface area contributed by atoms with Crippen molar-refractivity contribution in [3.05, 3.63) is 35.9 Å². The number of carbonyl (C=O) groups is 2. The summed E-state index contributed by atoms with van der Waals surface area (Å²) < 4.78 is 5.25. The minimum Gasteiger partial charge on any atom is -0.444 e. The highest BCUT2D eigenvalue weighted by molar-refractivity contribution is 5.86. The van der Waals surface area contributed by atoms with E-state index in [0.29, 0.717) is 6.42 Å². The van der Waals surface area contributed by atoms with E-state index in [9.17, 15) is 9.59 Å². The van der Waals surface area contributed by atoms with Gasteiger partial charge in [0.15, 0.2) is 0 Å². The van der Waals surface area contributed by atoms with Gasteiger partial charge in [-0.05, 0) is 39.2 Å². The van der Waals surface area contributed by atoms with E-state index in [1.807, 2.05) is 30.3 Å². The van der Waals surface area contributed by atoms with Crippen LogP contribution in [0.3, 0.4) is 0 Å². The lowest BCUT2D eigenvalue weighted by Crippen LogP contribution is -2.49. The molecule has 0 saturated heterocycles. The van der Waals surface area contributed by atoms with Crippen molar-refractivity contribution < 1.29 is 14.3 Å². The molecular weight excluding hydrogens is 280 g/mol. The Hall–Kier alpha value is -2.04. The van der Waals surface area contributed by atoms with Crippen molar-refractivity contribution in [2.45, 2.75) is 57.7 Å². The van der Waals surface area contributed by atoms with Crippen molar-refractivity contribution in [2.24, 2.45) is 0 Å². The van der Waals surface area contributed by atoms with Crippen LogP contribution in [0.5, 0.6) is 0 Å². The Balaban J connectivity index is 2.00. The minimum absolute atomic E-state index is 0.155. The average molecular weight is 304 g/mol. The van der Waals surface area contributed by atoms with Crippen LogP contribution in [0.1, 0.15) is 39.2 Å². The van der Waals surface area contributed by atoms with Gasteiger partial charge in [-0.2, -0.15) is 0 Å². The molecule has 0 bridgehead atoms. The second-order valence-electron chi connectivity index (χ2n) is 6.67. The van der Waals surface area contributed by atoms with E-state index in [-0.39, 0.29) is 11.9 Å². The zero-order valence-electron chi connectivity index (χ0n) is 13.4. The quantitative estimate of drug-likeness (QED) is 0.878. The van der Waals surface area contributed by atoms with Crippen molar-refractivity contribution in [3.8, 4) is 0 Å². The Labute approximate surface area is 131 Å². The summed E-state index contributed by atoms with van der Waals surface area (Å²) in [5.74, 6) is -0.155. The lowest BCUT2D eigenvalue weighted by Gasteiger charge is -2.23. The van der Waals surface area contributed by atoms with Gasteiger partial charge in [-0.3, -0.25) is 4.79 Å². The molecule has 1 aromatic rings. The lowest BCUT2D eigenvalue weighted by atomic mass is 10.1. The van der Waals surface area contributed by atoms with E-state index in [1.165, 1.54) is 0 Å². The molecule has 0 spiro atoms. The monoisotopic (exact) mass is 304 g/mol. The van der Waals surface area contributed by atoms with Crippen molar-refractivity contribution in [3.63, 3.8) is 0 Å². The second-order valence-corrected chi connectivity index (χ2v) is 6.67. The van der Waals surface area contributed by atoms with Gasteiger partial charge in [0.25, 0.3) is 0 Å². The molecule has 0 aromatic heterocycles. The molecule has 120 valence electrons. The van der Waals surface area contributed by atoms with Crippen LogP contribution < -0.4 is 10.6 Å². The summed E-state index contributed by atoms with van der Waals surface area (Å²) in [6, 6.07) is 9.26. The number of benzene rings is 1. The van der Waals surface area contributed by atoms with E-state index in [0.717, 1.165) is 18.4 Å². The summed E-state index contributed by atoms with van der Waals surface area (Å²) in [7, 11) is 0. The van der Waals surface area contributed by atoms with Crippen LogP contribution in [0.15, 0.2) is 30.3 Å². The normalized spacial score (nSPS) is 15.8. The van der Waals surface area contributed by atoms with Gasteiger partial charge in [-0.15, -0.1) is 0 Å². The average Bonchev–Trinajstić information content (AvgIpc) is 3.21. The summed E-state index contributed by atoms with van der Waals surface area (Å²) in [4.78, 5) is 24.3. The third-order valence-electron chi connectivity index (χ3n) is 3.21. The van der Waals surface area contributed by atoms with Crippen LogP contribution in [-0.4, -0.2) is 29.7 Å². The Morgan fingerprint density at radius 2 is 1.86 bits per heavy atom. The maximum absolute atomic E-state index is 12.3. The summed E-state index contributed by atoms with van der Waals surface area (Å²) in [6.07, 6.45) is 1.89. The fourth-order valence-electron chi connectivity index (χ4n) is 2.04. The van der Waals surface area contributed by atoms with Crippen molar-refractivity contribution >= 4 is 12.0 Å². The first-order valence-corrected chi connectivity index (χ1v) is 7.67. The molecule has 0 heterocycles. The third kappa shape index (κ3) is 5.76. The lowest BCUT2D eigenvalue weighted by molar-refractivity contribution is -0.123. The maximum Gasteiger partial charge on any atom is 0.408 e. The number of ether oxygens (including phenoxy) is 1. The number of amides is 2. The number of rotatable bonds is 5. The molecule has 0 unspecified atom stereocenters. The first-order chi connectivity index (χ1) is 10.3. The van der Waals surface area contributed by atoms with E-state index >= 15 is 0 Å². The molecule has 2 N–H and O–H groups in total. The second kappa shape index (κ2) is 6.81. The van der Waals surface area contributed by atoms with Crippen LogP contribution >= 0.6 is 0 Å². The highest BCUT2D eigenvalue weighted by Crippen LogP contribution is 2.19. The highest BCUT2D eigenvalue weighted by Gasteiger charge is 2.29. The Kier molecular flexibility index (Phi) is 5.06. The largest absolute Gasteiger partial charge is 0.444 e. The fraction of sp³-hybridized carbons (Fsp3) is 0.529. The number of nitrogens with one attached hydrogen (secondary N) is 2. The Morgan fingerprint density at radius 1 is 1.23 bits per heavy atom. The maximum atomic E-state index is 12.3. The van der Waals surface area contributed by atoms with Gasteiger partial charge in [0.2, 0.25) is 5.91 Å². The molecule has 0 radical (unpaired) electrons. The van der Waals surface area contributed by atoms with Gasteiger partial charge in [-0.25, -0.2) is 4.79 Å².